The normalized spacial score (nSPS) is 13.7. The third kappa shape index (κ3) is 8.08. The summed E-state index contributed by atoms with van der Waals surface area (Å²) >= 11 is 0. The molecule has 0 aromatic carbocycles. The van der Waals surface area contributed by atoms with Crippen LogP contribution in [0, 0.1) is 5.92 Å². The molecule has 0 saturated carbocycles. The van der Waals surface area contributed by atoms with Crippen LogP contribution >= 0.6 is 0 Å². The fraction of sp³-hybridized carbons (Fsp3) is 1.00. The summed E-state index contributed by atoms with van der Waals surface area (Å²) in [5, 5.41) is 3.54. The van der Waals surface area contributed by atoms with Crippen LogP contribution in [0.1, 0.15) is 33.6 Å². The molecule has 0 fully saturated rings. The number of nitrogens with zero attached hydrogens (tertiary/aromatic N) is 1. The molecule has 1 atom stereocenters. The molecule has 0 amide bonds. The second-order valence-corrected chi connectivity index (χ2v) is 4.97. The van der Waals surface area contributed by atoms with Crippen LogP contribution in [0.3, 0.4) is 0 Å². The average molecular weight is 230 g/mol. The van der Waals surface area contributed by atoms with Crippen molar-refractivity contribution in [1.29, 1.82) is 0 Å². The van der Waals surface area contributed by atoms with Crippen LogP contribution in [0.15, 0.2) is 0 Å². The zero-order valence-corrected chi connectivity index (χ0v) is 11.8. The largest absolute Gasteiger partial charge is 0.383 e. The molecule has 0 aromatic rings. The van der Waals surface area contributed by atoms with E-state index in [4.69, 9.17) is 4.74 Å². The molecule has 0 aliphatic carbocycles. The number of hydrogen-bond donors (Lipinski definition) is 1. The van der Waals surface area contributed by atoms with Crippen molar-refractivity contribution in [2.24, 2.45) is 5.92 Å². The van der Waals surface area contributed by atoms with E-state index in [0.717, 1.165) is 32.2 Å². The summed E-state index contributed by atoms with van der Waals surface area (Å²) in [4.78, 5) is 2.40. The molecule has 16 heavy (non-hydrogen) atoms. The first kappa shape index (κ1) is 15.9. The molecule has 0 spiro atoms. The molecule has 0 aliphatic rings. The Morgan fingerprint density at radius 2 is 1.94 bits per heavy atom. The van der Waals surface area contributed by atoms with Crippen LogP contribution in [0.4, 0.5) is 0 Å². The molecule has 98 valence electrons. The Kier molecular flexibility index (Phi) is 9.99. The summed E-state index contributed by atoms with van der Waals surface area (Å²) in [7, 11) is 3.95. The van der Waals surface area contributed by atoms with Crippen molar-refractivity contribution in [2.45, 2.75) is 39.7 Å². The fourth-order valence-electron chi connectivity index (χ4n) is 1.77. The quantitative estimate of drug-likeness (QED) is 0.621. The van der Waals surface area contributed by atoms with Crippen LogP contribution < -0.4 is 5.32 Å². The van der Waals surface area contributed by atoms with Gasteiger partial charge < -0.3 is 10.1 Å². The molecule has 0 saturated heterocycles. The van der Waals surface area contributed by atoms with Crippen molar-refractivity contribution in [3.63, 3.8) is 0 Å². The van der Waals surface area contributed by atoms with E-state index in [2.05, 4.69) is 38.0 Å². The topological polar surface area (TPSA) is 24.5 Å². The molecular weight excluding hydrogens is 200 g/mol. The van der Waals surface area contributed by atoms with Crippen LogP contribution in [-0.4, -0.2) is 51.3 Å². The third-order valence-corrected chi connectivity index (χ3v) is 2.83. The Labute approximate surface area is 102 Å². The van der Waals surface area contributed by atoms with Crippen molar-refractivity contribution >= 4 is 0 Å². The minimum atomic E-state index is 0.638. The molecule has 0 radical (unpaired) electrons. The van der Waals surface area contributed by atoms with E-state index in [0.29, 0.717) is 6.04 Å². The maximum absolute atomic E-state index is 5.12. The second-order valence-electron chi connectivity index (χ2n) is 4.97. The highest BCUT2D eigenvalue weighted by Gasteiger charge is 2.12. The molecule has 0 aromatic heterocycles. The highest BCUT2D eigenvalue weighted by atomic mass is 16.5. The summed E-state index contributed by atoms with van der Waals surface area (Å²) < 4.78 is 5.12. The summed E-state index contributed by atoms with van der Waals surface area (Å²) in [6, 6.07) is 0.638. The molecular formula is C13H30N2O. The molecule has 0 aliphatic heterocycles. The number of likely N-dealkylation sites (N-methyl/N-ethyl adjacent to an activating group) is 1. The Morgan fingerprint density at radius 3 is 2.44 bits per heavy atom. The third-order valence-electron chi connectivity index (χ3n) is 2.83. The van der Waals surface area contributed by atoms with E-state index >= 15 is 0 Å². The maximum Gasteiger partial charge on any atom is 0.0589 e. The van der Waals surface area contributed by atoms with E-state index in [-0.39, 0.29) is 0 Å². The molecule has 0 bridgehead atoms. The van der Waals surface area contributed by atoms with Crippen LogP contribution in [0.5, 0.6) is 0 Å². The van der Waals surface area contributed by atoms with Gasteiger partial charge in [-0.3, -0.25) is 4.90 Å². The highest BCUT2D eigenvalue weighted by Crippen LogP contribution is 2.04. The summed E-state index contributed by atoms with van der Waals surface area (Å²) in [5.41, 5.74) is 0. The number of rotatable bonds is 10. The molecule has 1 unspecified atom stereocenters. The van der Waals surface area contributed by atoms with Crippen molar-refractivity contribution in [3.8, 4) is 0 Å². The predicted molar refractivity (Wildman–Crippen MR) is 70.9 cm³/mol. The van der Waals surface area contributed by atoms with E-state index < -0.39 is 0 Å². The van der Waals surface area contributed by atoms with Gasteiger partial charge in [-0.15, -0.1) is 0 Å². The zero-order valence-electron chi connectivity index (χ0n) is 11.8. The van der Waals surface area contributed by atoms with Gasteiger partial charge in [0.2, 0.25) is 0 Å². The molecule has 3 nitrogen and oxygen atoms in total. The number of ether oxygens (including phenoxy) is 1. The van der Waals surface area contributed by atoms with Gasteiger partial charge in [0, 0.05) is 26.2 Å². The van der Waals surface area contributed by atoms with Gasteiger partial charge in [-0.1, -0.05) is 27.2 Å². The molecule has 3 heteroatoms. The lowest BCUT2D eigenvalue weighted by atomic mass is 10.1. The molecule has 0 rings (SSSR count). The second kappa shape index (κ2) is 10.1. The van der Waals surface area contributed by atoms with E-state index in [1.54, 1.807) is 7.11 Å². The predicted octanol–water partition coefficient (Wildman–Crippen LogP) is 1.98. The van der Waals surface area contributed by atoms with Gasteiger partial charge >= 0.3 is 0 Å². The van der Waals surface area contributed by atoms with E-state index in [1.807, 2.05) is 0 Å². The summed E-state index contributed by atoms with van der Waals surface area (Å²) in [6.07, 6.45) is 2.50. The van der Waals surface area contributed by atoms with Crippen LogP contribution in [0.2, 0.25) is 0 Å². The van der Waals surface area contributed by atoms with E-state index in [9.17, 15) is 0 Å². The van der Waals surface area contributed by atoms with Gasteiger partial charge in [-0.2, -0.15) is 0 Å². The lowest BCUT2D eigenvalue weighted by molar-refractivity contribution is 0.133. The van der Waals surface area contributed by atoms with E-state index in [1.165, 1.54) is 12.8 Å². The standard InChI is InChI=1S/C13H30N2O/c1-6-7-13(11-14-10-12(2)3)15(4)8-9-16-5/h12-14H,6-11H2,1-5H3. The first-order valence-electron chi connectivity index (χ1n) is 6.51. The molecule has 0 heterocycles. The summed E-state index contributed by atoms with van der Waals surface area (Å²) in [6.45, 7) is 10.8. The van der Waals surface area contributed by atoms with Gasteiger partial charge in [-0.05, 0) is 25.9 Å². The van der Waals surface area contributed by atoms with Gasteiger partial charge in [0.25, 0.3) is 0 Å². The zero-order chi connectivity index (χ0) is 12.4. The van der Waals surface area contributed by atoms with Crippen molar-refractivity contribution in [2.75, 3.05) is 40.4 Å². The first-order chi connectivity index (χ1) is 7.61. The van der Waals surface area contributed by atoms with Gasteiger partial charge in [0.15, 0.2) is 0 Å². The highest BCUT2D eigenvalue weighted by molar-refractivity contribution is 4.71. The SMILES string of the molecule is CCCC(CNCC(C)C)N(C)CCOC. The smallest absolute Gasteiger partial charge is 0.0589 e. The number of methoxy groups -OCH3 is 1. The van der Waals surface area contributed by atoms with Gasteiger partial charge in [0.1, 0.15) is 0 Å². The Morgan fingerprint density at radius 1 is 1.25 bits per heavy atom. The number of nitrogens with one attached hydrogen (secondary N) is 1. The lowest BCUT2D eigenvalue weighted by Crippen LogP contribution is -2.42. The lowest BCUT2D eigenvalue weighted by Gasteiger charge is -2.28. The first-order valence-corrected chi connectivity index (χ1v) is 6.51. The summed E-state index contributed by atoms with van der Waals surface area (Å²) in [5.74, 6) is 0.728. The van der Waals surface area contributed by atoms with Crippen LogP contribution in [-0.2, 0) is 4.74 Å². The van der Waals surface area contributed by atoms with Gasteiger partial charge in [0.05, 0.1) is 6.61 Å². The Balaban J connectivity index is 3.84. The van der Waals surface area contributed by atoms with Crippen molar-refractivity contribution in [3.05, 3.63) is 0 Å². The monoisotopic (exact) mass is 230 g/mol. The maximum atomic E-state index is 5.12. The van der Waals surface area contributed by atoms with Crippen molar-refractivity contribution < 1.29 is 4.74 Å². The minimum Gasteiger partial charge on any atom is -0.383 e. The fourth-order valence-corrected chi connectivity index (χ4v) is 1.77. The van der Waals surface area contributed by atoms with Crippen LogP contribution in [0.25, 0.3) is 0 Å². The minimum absolute atomic E-state index is 0.638. The average Bonchev–Trinajstić information content (AvgIpc) is 2.24. The Bertz CT molecular complexity index is 151. The number of hydrogen-bond acceptors (Lipinski definition) is 3. The van der Waals surface area contributed by atoms with Gasteiger partial charge in [-0.25, -0.2) is 0 Å². The Hall–Kier alpha value is -0.120. The van der Waals surface area contributed by atoms with Crippen molar-refractivity contribution in [1.82, 2.24) is 10.2 Å². The molecule has 1 N–H and O–H groups in total.